The normalized spacial score (nSPS) is 21.0. The van der Waals surface area contributed by atoms with Gasteiger partial charge in [0.1, 0.15) is 13.2 Å². The van der Waals surface area contributed by atoms with Crippen LogP contribution in [0.15, 0.2) is 24.4 Å². The van der Waals surface area contributed by atoms with Crippen LogP contribution in [-0.2, 0) is 6.42 Å². The van der Waals surface area contributed by atoms with Crippen LogP contribution in [-0.4, -0.2) is 41.2 Å². The lowest BCUT2D eigenvalue weighted by atomic mass is 9.98. The van der Waals surface area contributed by atoms with Gasteiger partial charge in [-0.25, -0.2) is 4.98 Å². The molecular weight excluding hydrogens is 326 g/mol. The van der Waals surface area contributed by atoms with Gasteiger partial charge in [-0.15, -0.1) is 0 Å². The van der Waals surface area contributed by atoms with Crippen LogP contribution >= 0.6 is 0 Å². The number of likely N-dealkylation sites (tertiary alicyclic amines) is 1. The Kier molecular flexibility index (Phi) is 4.81. The number of aryl methyl sites for hydroxylation is 2. The molecule has 2 atom stereocenters. The third kappa shape index (κ3) is 3.68. The molecule has 1 fully saturated rings. The predicted molar refractivity (Wildman–Crippen MR) is 101 cm³/mol. The first-order chi connectivity index (χ1) is 12.6. The van der Waals surface area contributed by atoms with Crippen molar-refractivity contribution in [1.82, 2.24) is 14.9 Å². The van der Waals surface area contributed by atoms with Crippen LogP contribution in [0, 0.1) is 19.8 Å². The Morgan fingerprint density at radius 3 is 2.73 bits per heavy atom. The second-order valence-corrected chi connectivity index (χ2v) is 7.56. The number of fused-ring (bicyclic) bond motifs is 1. The van der Waals surface area contributed by atoms with Gasteiger partial charge in [0.25, 0.3) is 5.88 Å². The van der Waals surface area contributed by atoms with E-state index in [-0.39, 0.29) is 0 Å². The average molecular weight is 353 g/mol. The quantitative estimate of drug-likeness (QED) is 0.842. The van der Waals surface area contributed by atoms with Crippen LogP contribution in [0.3, 0.4) is 0 Å². The summed E-state index contributed by atoms with van der Waals surface area (Å²) in [6.45, 7) is 9.85. The average Bonchev–Trinajstić information content (AvgIpc) is 3.08. The SMILES string of the molecule is Cc1cc(C[C@@H]2CCN([C@H](C)c3cnc4c(c3)OCCO4)C2)cc(C)n1. The fraction of sp³-hybridized carbons (Fsp3) is 0.524. The lowest BCUT2D eigenvalue weighted by molar-refractivity contribution is 0.163. The molecule has 0 saturated carbocycles. The molecule has 2 aromatic heterocycles. The molecule has 5 nitrogen and oxygen atoms in total. The van der Waals surface area contributed by atoms with Gasteiger partial charge in [-0.1, -0.05) is 0 Å². The third-order valence-corrected chi connectivity index (χ3v) is 5.43. The topological polar surface area (TPSA) is 47.5 Å². The zero-order valence-electron chi connectivity index (χ0n) is 15.9. The first kappa shape index (κ1) is 17.3. The van der Waals surface area contributed by atoms with E-state index >= 15 is 0 Å². The highest BCUT2D eigenvalue weighted by molar-refractivity contribution is 5.38. The van der Waals surface area contributed by atoms with Gasteiger partial charge in [0.2, 0.25) is 0 Å². The molecule has 2 aliphatic heterocycles. The van der Waals surface area contributed by atoms with E-state index in [1.54, 1.807) is 0 Å². The largest absolute Gasteiger partial charge is 0.484 e. The van der Waals surface area contributed by atoms with Gasteiger partial charge < -0.3 is 9.47 Å². The van der Waals surface area contributed by atoms with E-state index in [1.165, 1.54) is 17.5 Å². The molecule has 0 aliphatic carbocycles. The van der Waals surface area contributed by atoms with E-state index in [0.29, 0.717) is 31.1 Å². The zero-order chi connectivity index (χ0) is 18.1. The summed E-state index contributed by atoms with van der Waals surface area (Å²) in [6.07, 6.45) is 4.30. The Bertz CT molecular complexity index is 773. The first-order valence-corrected chi connectivity index (χ1v) is 9.52. The molecule has 138 valence electrons. The van der Waals surface area contributed by atoms with Crippen LogP contribution in [0.5, 0.6) is 11.6 Å². The summed E-state index contributed by atoms with van der Waals surface area (Å²) < 4.78 is 11.2. The number of hydrogen-bond donors (Lipinski definition) is 0. The molecule has 4 rings (SSSR count). The van der Waals surface area contributed by atoms with E-state index in [1.807, 2.05) is 6.20 Å². The highest BCUT2D eigenvalue weighted by Crippen LogP contribution is 2.34. The first-order valence-electron chi connectivity index (χ1n) is 9.52. The Balaban J connectivity index is 1.41. The van der Waals surface area contributed by atoms with Crippen molar-refractivity contribution >= 4 is 0 Å². The molecule has 0 bridgehead atoms. The summed E-state index contributed by atoms with van der Waals surface area (Å²) >= 11 is 0. The summed E-state index contributed by atoms with van der Waals surface area (Å²) in [5.41, 5.74) is 4.84. The van der Waals surface area contributed by atoms with E-state index in [9.17, 15) is 0 Å². The maximum atomic E-state index is 5.69. The molecule has 0 N–H and O–H groups in total. The number of ether oxygens (including phenoxy) is 2. The molecular formula is C21H27N3O2. The maximum Gasteiger partial charge on any atom is 0.257 e. The van der Waals surface area contributed by atoms with E-state index in [2.05, 4.69) is 53.8 Å². The fourth-order valence-corrected chi connectivity index (χ4v) is 4.14. The monoisotopic (exact) mass is 353 g/mol. The van der Waals surface area contributed by atoms with Gasteiger partial charge in [0.05, 0.1) is 0 Å². The van der Waals surface area contributed by atoms with Crippen LogP contribution in [0.25, 0.3) is 0 Å². The number of pyridine rings is 2. The predicted octanol–water partition coefficient (Wildman–Crippen LogP) is 3.49. The lowest BCUT2D eigenvalue weighted by Gasteiger charge is -2.26. The summed E-state index contributed by atoms with van der Waals surface area (Å²) in [6, 6.07) is 6.88. The molecule has 2 aromatic rings. The fourth-order valence-electron chi connectivity index (χ4n) is 4.14. The number of rotatable bonds is 4. The zero-order valence-corrected chi connectivity index (χ0v) is 15.9. The standard InChI is InChI=1S/C21H27N3O2/c1-14-8-18(9-15(2)23-14)10-17-4-5-24(13-17)16(3)19-11-20-21(22-12-19)26-7-6-25-20/h8-9,11-12,16-17H,4-7,10,13H2,1-3H3/t16-,17+/m1/s1. The van der Waals surface area contributed by atoms with Gasteiger partial charge in [-0.3, -0.25) is 9.88 Å². The van der Waals surface area contributed by atoms with Crippen LogP contribution in [0.2, 0.25) is 0 Å². The number of aromatic nitrogens is 2. The maximum absolute atomic E-state index is 5.69. The number of hydrogen-bond acceptors (Lipinski definition) is 5. The van der Waals surface area contributed by atoms with Gasteiger partial charge in [-0.05, 0) is 75.4 Å². The van der Waals surface area contributed by atoms with Crippen LogP contribution < -0.4 is 9.47 Å². The molecule has 0 radical (unpaired) electrons. The highest BCUT2D eigenvalue weighted by Gasteiger charge is 2.28. The van der Waals surface area contributed by atoms with Gasteiger partial charge in [0.15, 0.2) is 5.75 Å². The molecule has 0 unspecified atom stereocenters. The summed E-state index contributed by atoms with van der Waals surface area (Å²) in [5.74, 6) is 2.10. The Morgan fingerprint density at radius 1 is 1.15 bits per heavy atom. The van der Waals surface area contributed by atoms with Gasteiger partial charge in [0, 0.05) is 30.2 Å². The van der Waals surface area contributed by atoms with Crippen molar-refractivity contribution in [2.45, 2.75) is 39.7 Å². The van der Waals surface area contributed by atoms with Crippen LogP contribution in [0.1, 0.15) is 41.9 Å². The molecule has 26 heavy (non-hydrogen) atoms. The van der Waals surface area contributed by atoms with Gasteiger partial charge in [-0.2, -0.15) is 0 Å². The van der Waals surface area contributed by atoms with E-state index in [4.69, 9.17) is 9.47 Å². The molecule has 4 heterocycles. The molecule has 0 aromatic carbocycles. The van der Waals surface area contributed by atoms with Crippen molar-refractivity contribution in [2.24, 2.45) is 5.92 Å². The van der Waals surface area contributed by atoms with Gasteiger partial charge >= 0.3 is 0 Å². The third-order valence-electron chi connectivity index (χ3n) is 5.43. The summed E-state index contributed by atoms with van der Waals surface area (Å²) in [4.78, 5) is 11.5. The van der Waals surface area contributed by atoms with E-state index < -0.39 is 0 Å². The summed E-state index contributed by atoms with van der Waals surface area (Å²) in [7, 11) is 0. The van der Waals surface area contributed by atoms with Crippen molar-refractivity contribution in [3.8, 4) is 11.6 Å². The molecule has 5 heteroatoms. The van der Waals surface area contributed by atoms with Crippen molar-refractivity contribution in [3.05, 3.63) is 46.9 Å². The molecule has 0 spiro atoms. The van der Waals surface area contributed by atoms with Crippen molar-refractivity contribution < 1.29 is 9.47 Å². The van der Waals surface area contributed by atoms with E-state index in [0.717, 1.165) is 36.6 Å². The lowest BCUT2D eigenvalue weighted by Crippen LogP contribution is -2.25. The minimum absolute atomic E-state index is 0.337. The minimum atomic E-state index is 0.337. The van der Waals surface area contributed by atoms with Crippen LogP contribution in [0.4, 0.5) is 0 Å². The second kappa shape index (κ2) is 7.23. The summed E-state index contributed by atoms with van der Waals surface area (Å²) in [5, 5.41) is 0. The van der Waals surface area contributed by atoms with Crippen molar-refractivity contribution in [2.75, 3.05) is 26.3 Å². The molecule has 0 amide bonds. The second-order valence-electron chi connectivity index (χ2n) is 7.56. The highest BCUT2D eigenvalue weighted by atomic mass is 16.6. The molecule has 2 aliphatic rings. The van der Waals surface area contributed by atoms with Crippen molar-refractivity contribution in [1.29, 1.82) is 0 Å². The Hall–Kier alpha value is -2.14. The molecule has 1 saturated heterocycles. The smallest absolute Gasteiger partial charge is 0.257 e. The Labute approximate surface area is 155 Å². The number of nitrogens with zero attached hydrogens (tertiary/aromatic N) is 3. The van der Waals surface area contributed by atoms with Crippen molar-refractivity contribution in [3.63, 3.8) is 0 Å². The Morgan fingerprint density at radius 2 is 1.92 bits per heavy atom. The minimum Gasteiger partial charge on any atom is -0.484 e.